The van der Waals surface area contributed by atoms with Crippen LogP contribution in [-0.2, 0) is 23.1 Å². The van der Waals surface area contributed by atoms with E-state index in [2.05, 4.69) is 20.8 Å². The predicted octanol–water partition coefficient (Wildman–Crippen LogP) is 3.17. The van der Waals surface area contributed by atoms with E-state index >= 15 is 0 Å². The highest BCUT2D eigenvalue weighted by Crippen LogP contribution is 2.17. The quantitative estimate of drug-likeness (QED) is 0.581. The van der Waals surface area contributed by atoms with E-state index in [9.17, 15) is 14.0 Å². The van der Waals surface area contributed by atoms with Crippen LogP contribution in [0.1, 0.15) is 11.4 Å². The lowest BCUT2D eigenvalue weighted by Gasteiger charge is -2.07. The summed E-state index contributed by atoms with van der Waals surface area (Å²) in [4.78, 5) is 24.3. The molecule has 1 aromatic heterocycles. The molecule has 29 heavy (non-hydrogen) atoms. The van der Waals surface area contributed by atoms with Crippen molar-refractivity contribution in [3.63, 3.8) is 0 Å². The van der Waals surface area contributed by atoms with Gasteiger partial charge in [-0.2, -0.15) is 0 Å². The molecule has 150 valence electrons. The summed E-state index contributed by atoms with van der Waals surface area (Å²) in [5, 5.41) is 14.1. The lowest BCUT2D eigenvalue weighted by molar-refractivity contribution is -0.116. The van der Waals surface area contributed by atoms with Gasteiger partial charge in [-0.15, -0.1) is 10.2 Å². The Labute approximate surface area is 171 Å². The van der Waals surface area contributed by atoms with E-state index in [1.807, 2.05) is 31.2 Å². The van der Waals surface area contributed by atoms with Crippen LogP contribution < -0.4 is 10.6 Å². The van der Waals surface area contributed by atoms with Crippen LogP contribution in [0.3, 0.4) is 0 Å². The van der Waals surface area contributed by atoms with Gasteiger partial charge >= 0.3 is 0 Å². The van der Waals surface area contributed by atoms with Gasteiger partial charge in [0.2, 0.25) is 11.8 Å². The largest absolute Gasteiger partial charge is 0.326 e. The number of thioether (sulfide) groups is 1. The smallest absolute Gasteiger partial charge is 0.234 e. The monoisotopic (exact) mass is 413 g/mol. The average molecular weight is 413 g/mol. The molecule has 2 aromatic carbocycles. The number of halogens is 1. The molecule has 0 aliphatic rings. The van der Waals surface area contributed by atoms with Crippen LogP contribution in [0.4, 0.5) is 15.8 Å². The van der Waals surface area contributed by atoms with E-state index < -0.39 is 0 Å². The fourth-order valence-electron chi connectivity index (χ4n) is 2.47. The molecule has 2 N–H and O–H groups in total. The van der Waals surface area contributed by atoms with Crippen molar-refractivity contribution in [2.24, 2.45) is 7.05 Å². The molecule has 0 saturated carbocycles. The van der Waals surface area contributed by atoms with Gasteiger partial charge in [-0.1, -0.05) is 29.5 Å². The molecule has 0 fully saturated rings. The first-order valence-corrected chi connectivity index (χ1v) is 9.82. The first-order valence-electron chi connectivity index (χ1n) is 8.84. The lowest BCUT2D eigenvalue weighted by Crippen LogP contribution is -2.17. The molecule has 9 heteroatoms. The first-order chi connectivity index (χ1) is 13.9. The zero-order valence-electron chi connectivity index (χ0n) is 16.0. The normalized spacial score (nSPS) is 10.6. The van der Waals surface area contributed by atoms with Crippen LogP contribution in [0.25, 0.3) is 0 Å². The minimum absolute atomic E-state index is 0.0109. The molecule has 1 heterocycles. The second-order valence-corrected chi connectivity index (χ2v) is 7.34. The standard InChI is InChI=1S/C20H20FN5O2S/c1-13-3-7-15(8-4-13)23-19(28)12-29-20-25-24-17(26(20)2)11-18(27)22-16-9-5-14(21)6-10-16/h3-10H,11-12H2,1-2H3,(H,22,27)(H,23,28). The second kappa shape index (κ2) is 9.33. The van der Waals surface area contributed by atoms with Gasteiger partial charge in [0.15, 0.2) is 5.16 Å². The molecule has 0 bridgehead atoms. The van der Waals surface area contributed by atoms with Crippen molar-refractivity contribution in [2.45, 2.75) is 18.5 Å². The van der Waals surface area contributed by atoms with Crippen LogP contribution >= 0.6 is 11.8 Å². The molecule has 0 saturated heterocycles. The van der Waals surface area contributed by atoms with Gasteiger partial charge in [0.25, 0.3) is 0 Å². The molecule has 7 nitrogen and oxygen atoms in total. The van der Waals surface area contributed by atoms with E-state index in [1.165, 1.54) is 36.0 Å². The van der Waals surface area contributed by atoms with E-state index in [1.54, 1.807) is 11.6 Å². The topological polar surface area (TPSA) is 88.9 Å². The molecule has 0 radical (unpaired) electrons. The SMILES string of the molecule is Cc1ccc(NC(=O)CSc2nnc(CC(=O)Nc3ccc(F)cc3)n2C)cc1. The number of nitrogens with one attached hydrogen (secondary N) is 2. The average Bonchev–Trinajstić information content (AvgIpc) is 3.03. The number of nitrogens with zero attached hydrogens (tertiary/aromatic N) is 3. The molecule has 3 aromatic rings. The van der Waals surface area contributed by atoms with Gasteiger partial charge in [-0.3, -0.25) is 9.59 Å². The summed E-state index contributed by atoms with van der Waals surface area (Å²) in [6.07, 6.45) is 0.0109. The van der Waals surface area contributed by atoms with Crippen LogP contribution in [0.2, 0.25) is 0 Å². The summed E-state index contributed by atoms with van der Waals surface area (Å²) in [6, 6.07) is 13.1. The predicted molar refractivity (Wildman–Crippen MR) is 110 cm³/mol. The van der Waals surface area contributed by atoms with E-state index in [-0.39, 0.29) is 29.8 Å². The number of carbonyl (C=O) groups is 2. The fourth-order valence-corrected chi connectivity index (χ4v) is 3.20. The molecular weight excluding hydrogens is 393 g/mol. The number of aromatic nitrogens is 3. The van der Waals surface area contributed by atoms with Crippen LogP contribution in [0.5, 0.6) is 0 Å². The maximum Gasteiger partial charge on any atom is 0.234 e. The Morgan fingerprint density at radius 2 is 1.55 bits per heavy atom. The summed E-state index contributed by atoms with van der Waals surface area (Å²) >= 11 is 1.23. The van der Waals surface area contributed by atoms with Crippen LogP contribution in [0, 0.1) is 12.7 Å². The van der Waals surface area contributed by atoms with Gasteiger partial charge in [-0.05, 0) is 43.3 Å². The van der Waals surface area contributed by atoms with E-state index in [0.29, 0.717) is 16.7 Å². The zero-order chi connectivity index (χ0) is 20.8. The Kier molecular flexibility index (Phi) is 6.61. The van der Waals surface area contributed by atoms with E-state index in [4.69, 9.17) is 0 Å². The third-order valence-electron chi connectivity index (χ3n) is 4.04. The van der Waals surface area contributed by atoms with Gasteiger partial charge in [0.05, 0.1) is 12.2 Å². The molecule has 0 aliphatic carbocycles. The van der Waals surface area contributed by atoms with Crippen LogP contribution in [-0.4, -0.2) is 32.3 Å². The summed E-state index contributed by atoms with van der Waals surface area (Å²) in [5.41, 5.74) is 2.35. The van der Waals surface area contributed by atoms with Crippen molar-refractivity contribution < 1.29 is 14.0 Å². The zero-order valence-corrected chi connectivity index (χ0v) is 16.8. The minimum atomic E-state index is -0.371. The third kappa shape index (κ3) is 5.89. The number of amides is 2. The van der Waals surface area contributed by atoms with Crippen molar-refractivity contribution in [3.8, 4) is 0 Å². The Morgan fingerprint density at radius 1 is 0.966 bits per heavy atom. The van der Waals surface area contributed by atoms with Gasteiger partial charge < -0.3 is 15.2 Å². The fraction of sp³-hybridized carbons (Fsp3) is 0.200. The van der Waals surface area contributed by atoms with Crippen molar-refractivity contribution in [1.82, 2.24) is 14.8 Å². The van der Waals surface area contributed by atoms with Gasteiger partial charge in [-0.25, -0.2) is 4.39 Å². The Bertz CT molecular complexity index is 1000. The Balaban J connectivity index is 1.51. The maximum atomic E-state index is 12.9. The van der Waals surface area contributed by atoms with Crippen molar-refractivity contribution in [2.75, 3.05) is 16.4 Å². The highest BCUT2D eigenvalue weighted by atomic mass is 32.2. The summed E-state index contributed by atoms with van der Waals surface area (Å²) in [5.74, 6) is -0.185. The molecule has 0 spiro atoms. The number of hydrogen-bond donors (Lipinski definition) is 2. The Morgan fingerprint density at radius 3 is 2.21 bits per heavy atom. The summed E-state index contributed by atoms with van der Waals surface area (Å²) < 4.78 is 14.6. The number of rotatable bonds is 7. The number of aryl methyl sites for hydroxylation is 1. The van der Waals surface area contributed by atoms with E-state index in [0.717, 1.165) is 11.3 Å². The third-order valence-corrected chi connectivity index (χ3v) is 5.06. The highest BCUT2D eigenvalue weighted by molar-refractivity contribution is 7.99. The molecule has 0 atom stereocenters. The first kappa shape index (κ1) is 20.5. The van der Waals surface area contributed by atoms with Gasteiger partial charge in [0, 0.05) is 18.4 Å². The summed E-state index contributed by atoms with van der Waals surface area (Å²) in [6.45, 7) is 1.98. The molecule has 2 amide bonds. The van der Waals surface area contributed by atoms with Crippen LogP contribution in [0.15, 0.2) is 53.7 Å². The summed E-state index contributed by atoms with van der Waals surface area (Å²) in [7, 11) is 1.74. The number of benzene rings is 2. The second-order valence-electron chi connectivity index (χ2n) is 6.39. The maximum absolute atomic E-state index is 12.9. The minimum Gasteiger partial charge on any atom is -0.326 e. The van der Waals surface area contributed by atoms with Crippen molar-refractivity contribution in [1.29, 1.82) is 0 Å². The number of anilines is 2. The molecule has 0 unspecified atom stereocenters. The highest BCUT2D eigenvalue weighted by Gasteiger charge is 2.14. The lowest BCUT2D eigenvalue weighted by atomic mass is 10.2. The van der Waals surface area contributed by atoms with Gasteiger partial charge in [0.1, 0.15) is 11.6 Å². The Hall–Kier alpha value is -3.20. The number of carbonyl (C=O) groups excluding carboxylic acids is 2. The van der Waals surface area contributed by atoms with Crippen molar-refractivity contribution in [3.05, 3.63) is 65.7 Å². The number of hydrogen-bond acceptors (Lipinski definition) is 5. The molecule has 0 aliphatic heterocycles. The molecule has 3 rings (SSSR count). The van der Waals surface area contributed by atoms with Crippen molar-refractivity contribution >= 4 is 35.0 Å². The molecular formula is C20H20FN5O2S.